The molecule has 0 bridgehead atoms. The molecule has 24 heavy (non-hydrogen) atoms. The number of ether oxygens (including phenoxy) is 1. The van der Waals surface area contributed by atoms with Crippen molar-refractivity contribution >= 4 is 29.9 Å². The van der Waals surface area contributed by atoms with Crippen LogP contribution in [0.1, 0.15) is 18.9 Å². The molecule has 6 heteroatoms. The first-order chi connectivity index (χ1) is 11.2. The number of guanidine groups is 1. The van der Waals surface area contributed by atoms with Crippen LogP contribution in [-0.4, -0.2) is 64.3 Å². The Bertz CT molecular complexity index is 440. The van der Waals surface area contributed by atoms with Crippen molar-refractivity contribution in [3.05, 3.63) is 35.9 Å². The lowest BCUT2D eigenvalue weighted by Gasteiger charge is -2.25. The first-order valence-electron chi connectivity index (χ1n) is 8.40. The largest absolute Gasteiger partial charge is 0.382 e. The van der Waals surface area contributed by atoms with E-state index in [9.17, 15) is 0 Å². The highest BCUT2D eigenvalue weighted by molar-refractivity contribution is 14.0. The summed E-state index contributed by atoms with van der Waals surface area (Å²) in [6.07, 6.45) is 2.00. The van der Waals surface area contributed by atoms with Crippen molar-refractivity contribution < 1.29 is 4.74 Å². The van der Waals surface area contributed by atoms with E-state index < -0.39 is 0 Å². The third-order valence-corrected chi connectivity index (χ3v) is 3.74. The zero-order valence-electron chi connectivity index (χ0n) is 15.4. The van der Waals surface area contributed by atoms with Gasteiger partial charge in [0, 0.05) is 39.4 Å². The Kier molecular flexibility index (Phi) is 14.0. The summed E-state index contributed by atoms with van der Waals surface area (Å²) in [5.41, 5.74) is 1.35. The molecule has 138 valence electrons. The van der Waals surface area contributed by atoms with E-state index >= 15 is 0 Å². The fourth-order valence-corrected chi connectivity index (χ4v) is 2.28. The number of halogens is 1. The number of hydrogen-bond donors (Lipinski definition) is 2. The summed E-state index contributed by atoms with van der Waals surface area (Å²) >= 11 is 0. The standard InChI is InChI=1S/C18H32N4O.HI/c1-5-23-13-9-12-20-18(19-2)21-15-17(22(3)4)14-16-10-7-6-8-11-16;/h6-8,10-11,17H,5,9,12-15H2,1-4H3,(H2,19,20,21);1H. The monoisotopic (exact) mass is 448 g/mol. The molecule has 0 aliphatic heterocycles. The van der Waals surface area contributed by atoms with Gasteiger partial charge in [-0.15, -0.1) is 24.0 Å². The minimum atomic E-state index is 0. The van der Waals surface area contributed by atoms with Gasteiger partial charge in [0.2, 0.25) is 0 Å². The van der Waals surface area contributed by atoms with E-state index in [4.69, 9.17) is 4.74 Å². The van der Waals surface area contributed by atoms with E-state index in [0.29, 0.717) is 6.04 Å². The Hall–Kier alpha value is -0.860. The Balaban J connectivity index is 0.00000529. The van der Waals surface area contributed by atoms with Gasteiger partial charge in [-0.25, -0.2) is 0 Å². The molecule has 1 unspecified atom stereocenters. The molecule has 0 heterocycles. The van der Waals surface area contributed by atoms with Crippen LogP contribution < -0.4 is 10.6 Å². The third kappa shape index (κ3) is 10.1. The summed E-state index contributed by atoms with van der Waals surface area (Å²) in [4.78, 5) is 6.53. The van der Waals surface area contributed by atoms with Gasteiger partial charge in [-0.05, 0) is 39.4 Å². The molecule has 1 aromatic carbocycles. The van der Waals surface area contributed by atoms with Crippen LogP contribution >= 0.6 is 24.0 Å². The molecule has 0 saturated heterocycles. The molecule has 0 aromatic heterocycles. The van der Waals surface area contributed by atoms with Crippen molar-refractivity contribution in [2.24, 2.45) is 4.99 Å². The molecule has 0 spiro atoms. The number of nitrogens with one attached hydrogen (secondary N) is 2. The maximum atomic E-state index is 5.34. The van der Waals surface area contributed by atoms with E-state index in [1.807, 2.05) is 6.92 Å². The quantitative estimate of drug-likeness (QED) is 0.250. The van der Waals surface area contributed by atoms with Crippen LogP contribution in [0, 0.1) is 0 Å². The Morgan fingerprint density at radius 3 is 2.50 bits per heavy atom. The molecular formula is C18H33IN4O. The van der Waals surface area contributed by atoms with Crippen LogP contribution in [0.4, 0.5) is 0 Å². The van der Waals surface area contributed by atoms with Gasteiger partial charge < -0.3 is 20.3 Å². The van der Waals surface area contributed by atoms with Crippen molar-refractivity contribution in [3.8, 4) is 0 Å². The first kappa shape index (κ1) is 23.1. The number of benzene rings is 1. The van der Waals surface area contributed by atoms with Crippen molar-refractivity contribution in [1.29, 1.82) is 0 Å². The smallest absolute Gasteiger partial charge is 0.191 e. The van der Waals surface area contributed by atoms with Crippen LogP contribution in [0.15, 0.2) is 35.3 Å². The topological polar surface area (TPSA) is 48.9 Å². The van der Waals surface area contributed by atoms with Crippen LogP contribution in [0.2, 0.25) is 0 Å². The molecule has 0 saturated carbocycles. The Morgan fingerprint density at radius 2 is 1.92 bits per heavy atom. The predicted molar refractivity (Wildman–Crippen MR) is 114 cm³/mol. The van der Waals surface area contributed by atoms with Gasteiger partial charge >= 0.3 is 0 Å². The van der Waals surface area contributed by atoms with Gasteiger partial charge in [0.15, 0.2) is 5.96 Å². The maximum Gasteiger partial charge on any atom is 0.191 e. The van der Waals surface area contributed by atoms with E-state index in [1.165, 1.54) is 5.56 Å². The van der Waals surface area contributed by atoms with Crippen molar-refractivity contribution in [3.63, 3.8) is 0 Å². The zero-order chi connectivity index (χ0) is 16.9. The SMILES string of the molecule is CCOCCCNC(=NC)NCC(Cc1ccccc1)N(C)C.I. The maximum absolute atomic E-state index is 5.34. The summed E-state index contributed by atoms with van der Waals surface area (Å²) in [6.45, 7) is 5.30. The number of hydrogen-bond acceptors (Lipinski definition) is 3. The minimum Gasteiger partial charge on any atom is -0.382 e. The molecule has 1 aromatic rings. The molecular weight excluding hydrogens is 415 g/mol. The molecule has 0 aliphatic rings. The van der Waals surface area contributed by atoms with Crippen LogP contribution in [0.3, 0.4) is 0 Å². The van der Waals surface area contributed by atoms with E-state index in [0.717, 1.165) is 45.1 Å². The molecule has 1 rings (SSSR count). The summed E-state index contributed by atoms with van der Waals surface area (Å²) in [7, 11) is 6.04. The summed E-state index contributed by atoms with van der Waals surface area (Å²) in [5.74, 6) is 0.849. The van der Waals surface area contributed by atoms with E-state index in [-0.39, 0.29) is 24.0 Å². The second kappa shape index (κ2) is 14.5. The number of likely N-dealkylation sites (N-methyl/N-ethyl adjacent to an activating group) is 1. The Morgan fingerprint density at radius 1 is 1.21 bits per heavy atom. The van der Waals surface area contributed by atoms with E-state index in [1.54, 1.807) is 7.05 Å². The lowest BCUT2D eigenvalue weighted by Crippen LogP contribution is -2.46. The summed E-state index contributed by atoms with van der Waals surface area (Å²) < 4.78 is 5.34. The third-order valence-electron chi connectivity index (χ3n) is 3.74. The highest BCUT2D eigenvalue weighted by Gasteiger charge is 2.12. The number of rotatable bonds is 10. The molecule has 2 N–H and O–H groups in total. The fraction of sp³-hybridized carbons (Fsp3) is 0.611. The highest BCUT2D eigenvalue weighted by atomic mass is 127. The van der Waals surface area contributed by atoms with Gasteiger partial charge in [0.25, 0.3) is 0 Å². The molecule has 5 nitrogen and oxygen atoms in total. The van der Waals surface area contributed by atoms with Crippen LogP contribution in [-0.2, 0) is 11.2 Å². The summed E-state index contributed by atoms with van der Waals surface area (Å²) in [5, 5.41) is 6.75. The van der Waals surface area contributed by atoms with Crippen LogP contribution in [0.25, 0.3) is 0 Å². The lowest BCUT2D eigenvalue weighted by molar-refractivity contribution is 0.145. The molecule has 0 aliphatic carbocycles. The van der Waals surface area contributed by atoms with Gasteiger partial charge in [0.05, 0.1) is 0 Å². The first-order valence-corrected chi connectivity index (χ1v) is 8.40. The highest BCUT2D eigenvalue weighted by Crippen LogP contribution is 2.06. The second-order valence-electron chi connectivity index (χ2n) is 5.74. The molecule has 0 fully saturated rings. The normalized spacial score (nSPS) is 12.6. The van der Waals surface area contributed by atoms with Crippen molar-refractivity contribution in [2.75, 3.05) is 47.4 Å². The van der Waals surface area contributed by atoms with E-state index in [2.05, 4.69) is 65.0 Å². The van der Waals surface area contributed by atoms with Gasteiger partial charge in [-0.2, -0.15) is 0 Å². The minimum absolute atomic E-state index is 0. The lowest BCUT2D eigenvalue weighted by atomic mass is 10.1. The van der Waals surface area contributed by atoms with Crippen molar-refractivity contribution in [1.82, 2.24) is 15.5 Å². The van der Waals surface area contributed by atoms with Gasteiger partial charge in [-0.3, -0.25) is 4.99 Å². The van der Waals surface area contributed by atoms with Gasteiger partial charge in [0.1, 0.15) is 0 Å². The van der Waals surface area contributed by atoms with Crippen molar-refractivity contribution in [2.45, 2.75) is 25.8 Å². The molecule has 0 amide bonds. The number of aliphatic imine (C=N–C) groups is 1. The average Bonchev–Trinajstić information content (AvgIpc) is 2.56. The zero-order valence-corrected chi connectivity index (χ0v) is 17.7. The Labute approximate surface area is 164 Å². The number of nitrogens with zero attached hydrogens (tertiary/aromatic N) is 2. The molecule has 0 radical (unpaired) electrons. The second-order valence-corrected chi connectivity index (χ2v) is 5.74. The molecule has 1 atom stereocenters. The predicted octanol–water partition coefficient (Wildman–Crippen LogP) is 2.37. The average molecular weight is 448 g/mol. The van der Waals surface area contributed by atoms with Crippen LogP contribution in [0.5, 0.6) is 0 Å². The fourth-order valence-electron chi connectivity index (χ4n) is 2.28. The van der Waals surface area contributed by atoms with Gasteiger partial charge in [-0.1, -0.05) is 30.3 Å². The summed E-state index contributed by atoms with van der Waals surface area (Å²) in [6, 6.07) is 11.0.